The van der Waals surface area contributed by atoms with Crippen LogP contribution in [0.5, 0.6) is 0 Å². The van der Waals surface area contributed by atoms with Crippen molar-refractivity contribution in [2.45, 2.75) is 26.2 Å². The van der Waals surface area contributed by atoms with Crippen molar-refractivity contribution in [2.75, 3.05) is 6.54 Å². The Bertz CT molecular complexity index is 1030. The fourth-order valence-corrected chi connectivity index (χ4v) is 2.83. The van der Waals surface area contributed by atoms with Gasteiger partial charge in [0, 0.05) is 16.7 Å². The lowest BCUT2D eigenvalue weighted by Gasteiger charge is -2.19. The molecule has 0 aliphatic carbocycles. The second-order valence-electron chi connectivity index (χ2n) is 7.87. The smallest absolute Gasteiger partial charge is 0.259 e. The van der Waals surface area contributed by atoms with Crippen LogP contribution in [0, 0.1) is 0 Å². The number of aromatic nitrogens is 2. The van der Waals surface area contributed by atoms with Crippen molar-refractivity contribution < 1.29 is 9.59 Å². The summed E-state index contributed by atoms with van der Waals surface area (Å²) in [6.45, 7) is 6.16. The summed E-state index contributed by atoms with van der Waals surface area (Å²) in [5.74, 6) is -0.730. The first kappa shape index (κ1) is 21.0. The number of benzene rings is 2. The third kappa shape index (κ3) is 5.41. The summed E-state index contributed by atoms with van der Waals surface area (Å²) < 4.78 is 0. The van der Waals surface area contributed by atoms with E-state index in [1.807, 2.05) is 42.5 Å². The molecular formula is C23H25N5O2. The van der Waals surface area contributed by atoms with Crippen LogP contribution in [0.3, 0.4) is 0 Å². The first-order valence-electron chi connectivity index (χ1n) is 9.64. The summed E-state index contributed by atoms with van der Waals surface area (Å²) in [7, 11) is 0. The van der Waals surface area contributed by atoms with E-state index >= 15 is 0 Å². The highest BCUT2D eigenvalue weighted by Crippen LogP contribution is 2.22. The van der Waals surface area contributed by atoms with Crippen molar-refractivity contribution in [1.82, 2.24) is 20.9 Å². The van der Waals surface area contributed by atoms with Crippen molar-refractivity contribution in [1.29, 1.82) is 0 Å². The summed E-state index contributed by atoms with van der Waals surface area (Å²) in [5, 5.41) is 13.5. The average Bonchev–Trinajstić information content (AvgIpc) is 3.20. The number of hydrogen-bond acceptors (Lipinski definition) is 4. The number of amides is 2. The van der Waals surface area contributed by atoms with Crippen LogP contribution in [0.1, 0.15) is 42.3 Å². The van der Waals surface area contributed by atoms with Crippen LogP contribution >= 0.6 is 0 Å². The number of nitrogens with one attached hydrogen (secondary N) is 3. The van der Waals surface area contributed by atoms with E-state index in [-0.39, 0.29) is 17.9 Å². The van der Waals surface area contributed by atoms with Crippen LogP contribution in [0.4, 0.5) is 0 Å². The van der Waals surface area contributed by atoms with E-state index in [0.717, 1.165) is 22.4 Å². The van der Waals surface area contributed by atoms with Crippen LogP contribution in [0.25, 0.3) is 11.3 Å². The summed E-state index contributed by atoms with van der Waals surface area (Å²) in [5.41, 5.74) is 6.58. The standard InChI is InChI=1S/C23H25N5O2/c1-23(2,3)19-11-9-17(10-12-19)22(30)24-15-20(29)27-25-13-18-14-26-28-21(18)16-7-5-4-6-8-16/h4-14H,15H2,1-3H3,(H,24,30)(H,26,28)(H,27,29)/b25-13+. The zero-order chi connectivity index (χ0) is 21.6. The van der Waals surface area contributed by atoms with E-state index < -0.39 is 5.91 Å². The van der Waals surface area contributed by atoms with Crippen LogP contribution in [-0.4, -0.2) is 34.8 Å². The van der Waals surface area contributed by atoms with Gasteiger partial charge in [-0.3, -0.25) is 14.7 Å². The van der Waals surface area contributed by atoms with Gasteiger partial charge in [0.2, 0.25) is 0 Å². The molecule has 30 heavy (non-hydrogen) atoms. The van der Waals surface area contributed by atoms with Gasteiger partial charge in [0.05, 0.1) is 24.7 Å². The molecule has 0 bridgehead atoms. The molecule has 0 aliphatic rings. The van der Waals surface area contributed by atoms with Crippen LogP contribution < -0.4 is 10.7 Å². The molecule has 2 aromatic carbocycles. The maximum Gasteiger partial charge on any atom is 0.259 e. The predicted molar refractivity (Wildman–Crippen MR) is 117 cm³/mol. The molecule has 0 aliphatic heterocycles. The molecule has 0 fully saturated rings. The van der Waals surface area contributed by atoms with Gasteiger partial charge in [-0.2, -0.15) is 10.2 Å². The maximum absolute atomic E-state index is 12.2. The molecule has 0 unspecified atom stereocenters. The Hall–Kier alpha value is -3.74. The first-order chi connectivity index (χ1) is 14.3. The van der Waals surface area contributed by atoms with Gasteiger partial charge in [-0.1, -0.05) is 63.2 Å². The summed E-state index contributed by atoms with van der Waals surface area (Å²) in [6.07, 6.45) is 3.14. The highest BCUT2D eigenvalue weighted by atomic mass is 16.2. The van der Waals surface area contributed by atoms with Crippen LogP contribution in [-0.2, 0) is 10.2 Å². The molecule has 0 spiro atoms. The van der Waals surface area contributed by atoms with Crippen molar-refractivity contribution >= 4 is 18.0 Å². The first-order valence-corrected chi connectivity index (χ1v) is 9.64. The van der Waals surface area contributed by atoms with Gasteiger partial charge < -0.3 is 5.32 Å². The Morgan fingerprint density at radius 1 is 1.07 bits per heavy atom. The second kappa shape index (κ2) is 9.17. The van der Waals surface area contributed by atoms with Gasteiger partial charge in [0.1, 0.15) is 0 Å². The lowest BCUT2D eigenvalue weighted by atomic mass is 9.87. The molecular weight excluding hydrogens is 378 g/mol. The summed E-state index contributed by atoms with van der Waals surface area (Å²) in [6, 6.07) is 17.1. The quantitative estimate of drug-likeness (QED) is 0.435. The Kier molecular flexibility index (Phi) is 6.41. The molecule has 7 nitrogen and oxygen atoms in total. The molecule has 3 N–H and O–H groups in total. The molecule has 154 valence electrons. The van der Waals surface area contributed by atoms with Crippen molar-refractivity contribution in [3.63, 3.8) is 0 Å². The van der Waals surface area contributed by atoms with E-state index in [2.05, 4.69) is 46.8 Å². The largest absolute Gasteiger partial charge is 0.343 e. The average molecular weight is 403 g/mol. The van der Waals surface area contributed by atoms with Crippen LogP contribution in [0.15, 0.2) is 65.9 Å². The SMILES string of the molecule is CC(C)(C)c1ccc(C(=O)NCC(=O)N/N=C/c2cn[nH]c2-c2ccccc2)cc1. The molecule has 0 radical (unpaired) electrons. The third-order valence-electron chi connectivity index (χ3n) is 4.55. The minimum Gasteiger partial charge on any atom is -0.343 e. The molecule has 1 heterocycles. The summed E-state index contributed by atoms with van der Waals surface area (Å²) in [4.78, 5) is 24.2. The fourth-order valence-electron chi connectivity index (χ4n) is 2.83. The fraction of sp³-hybridized carbons (Fsp3) is 0.217. The zero-order valence-electron chi connectivity index (χ0n) is 17.3. The van der Waals surface area contributed by atoms with E-state index in [1.54, 1.807) is 18.3 Å². The molecule has 1 aromatic heterocycles. The number of hydrogen-bond donors (Lipinski definition) is 3. The van der Waals surface area contributed by atoms with Gasteiger partial charge in [0.25, 0.3) is 11.8 Å². The molecule has 3 aromatic rings. The number of H-pyrrole nitrogens is 1. The van der Waals surface area contributed by atoms with Gasteiger partial charge in [-0.25, -0.2) is 5.43 Å². The predicted octanol–water partition coefficient (Wildman–Crippen LogP) is 3.25. The Morgan fingerprint density at radius 3 is 2.43 bits per heavy atom. The lowest BCUT2D eigenvalue weighted by molar-refractivity contribution is -0.120. The number of rotatable bonds is 6. The van der Waals surface area contributed by atoms with Crippen molar-refractivity contribution in [3.8, 4) is 11.3 Å². The van der Waals surface area contributed by atoms with Gasteiger partial charge in [-0.15, -0.1) is 0 Å². The molecule has 0 atom stereocenters. The third-order valence-corrected chi connectivity index (χ3v) is 4.55. The highest BCUT2D eigenvalue weighted by molar-refractivity contribution is 5.96. The maximum atomic E-state index is 12.2. The van der Waals surface area contributed by atoms with E-state index in [4.69, 9.17) is 0 Å². The van der Waals surface area contributed by atoms with Crippen molar-refractivity contribution in [2.24, 2.45) is 5.10 Å². The minimum atomic E-state index is -0.421. The number of hydrazone groups is 1. The monoisotopic (exact) mass is 403 g/mol. The molecule has 0 saturated heterocycles. The lowest BCUT2D eigenvalue weighted by Crippen LogP contribution is -2.34. The molecule has 2 amide bonds. The van der Waals surface area contributed by atoms with E-state index in [1.165, 1.54) is 6.21 Å². The summed E-state index contributed by atoms with van der Waals surface area (Å²) >= 11 is 0. The van der Waals surface area contributed by atoms with Gasteiger partial charge >= 0.3 is 0 Å². The number of carbonyl (C=O) groups is 2. The van der Waals surface area contributed by atoms with Crippen LogP contribution in [0.2, 0.25) is 0 Å². The Morgan fingerprint density at radius 2 is 1.77 bits per heavy atom. The zero-order valence-corrected chi connectivity index (χ0v) is 17.3. The number of carbonyl (C=O) groups excluding carboxylic acids is 2. The number of aromatic amines is 1. The Labute approximate surface area is 175 Å². The van der Waals surface area contributed by atoms with Crippen molar-refractivity contribution in [3.05, 3.63) is 77.5 Å². The molecule has 0 saturated carbocycles. The van der Waals surface area contributed by atoms with E-state index in [0.29, 0.717) is 5.56 Å². The highest BCUT2D eigenvalue weighted by Gasteiger charge is 2.14. The molecule has 7 heteroatoms. The topological polar surface area (TPSA) is 99.2 Å². The van der Waals surface area contributed by atoms with E-state index in [9.17, 15) is 9.59 Å². The minimum absolute atomic E-state index is 0.0161. The van der Waals surface area contributed by atoms with Gasteiger partial charge in [-0.05, 0) is 23.1 Å². The molecule has 3 rings (SSSR count). The number of nitrogens with zero attached hydrogens (tertiary/aromatic N) is 2. The second-order valence-corrected chi connectivity index (χ2v) is 7.87. The van der Waals surface area contributed by atoms with Gasteiger partial charge in [0.15, 0.2) is 0 Å². The Balaban J connectivity index is 1.51. The normalized spacial score (nSPS) is 11.4.